The van der Waals surface area contributed by atoms with E-state index in [-0.39, 0.29) is 22.9 Å². The summed E-state index contributed by atoms with van der Waals surface area (Å²) in [5.41, 5.74) is 0.984. The number of rotatable bonds is 6. The van der Waals surface area contributed by atoms with E-state index in [0.29, 0.717) is 23.3 Å². The molecule has 2 aromatic rings. The van der Waals surface area contributed by atoms with Crippen molar-refractivity contribution in [1.29, 1.82) is 5.26 Å². The van der Waals surface area contributed by atoms with Crippen molar-refractivity contribution in [3.63, 3.8) is 0 Å². The summed E-state index contributed by atoms with van der Waals surface area (Å²) < 4.78 is 9.99. The molecule has 1 amide bonds. The average Bonchev–Trinajstić information content (AvgIpc) is 3.00. The number of aromatic hydroxyl groups is 1. The molecular formula is C18H17N3O4. The second kappa shape index (κ2) is 7.84. The molecule has 25 heavy (non-hydrogen) atoms. The average molecular weight is 339 g/mol. The number of phenolic OH excluding ortho intramolecular Hbond substituents is 1. The predicted octanol–water partition coefficient (Wildman–Crippen LogP) is 2.97. The Morgan fingerprint density at radius 1 is 1.52 bits per heavy atom. The molecule has 1 aromatic carbocycles. The van der Waals surface area contributed by atoms with Crippen LogP contribution in [0.4, 0.5) is 5.82 Å². The lowest BCUT2D eigenvalue weighted by Gasteiger charge is -2.09. The van der Waals surface area contributed by atoms with Crippen LogP contribution in [0.25, 0.3) is 6.08 Å². The summed E-state index contributed by atoms with van der Waals surface area (Å²) in [6.07, 6.45) is 3.44. The molecule has 0 fully saturated rings. The number of aryl methyl sites for hydroxylation is 1. The normalized spacial score (nSPS) is 10.8. The monoisotopic (exact) mass is 339 g/mol. The van der Waals surface area contributed by atoms with E-state index in [1.165, 1.54) is 19.3 Å². The van der Waals surface area contributed by atoms with Crippen molar-refractivity contribution in [2.45, 2.75) is 13.3 Å². The predicted molar refractivity (Wildman–Crippen MR) is 92.0 cm³/mol. The first kappa shape index (κ1) is 17.8. The second-order valence-electron chi connectivity index (χ2n) is 5.17. The van der Waals surface area contributed by atoms with Gasteiger partial charge in [-0.3, -0.25) is 4.79 Å². The van der Waals surface area contributed by atoms with Crippen molar-refractivity contribution in [2.24, 2.45) is 0 Å². The van der Waals surface area contributed by atoms with Gasteiger partial charge in [-0.2, -0.15) is 5.26 Å². The molecule has 2 N–H and O–H groups in total. The Morgan fingerprint density at radius 3 is 2.84 bits per heavy atom. The van der Waals surface area contributed by atoms with Gasteiger partial charge in [-0.15, -0.1) is 6.58 Å². The van der Waals surface area contributed by atoms with E-state index < -0.39 is 5.91 Å². The summed E-state index contributed by atoms with van der Waals surface area (Å²) in [5.74, 6) is 0.388. The molecule has 0 saturated heterocycles. The number of allylic oxidation sites excluding steroid dienone is 1. The van der Waals surface area contributed by atoms with Gasteiger partial charge >= 0.3 is 0 Å². The Balaban J connectivity index is 2.35. The number of amides is 1. The van der Waals surface area contributed by atoms with Crippen molar-refractivity contribution in [1.82, 2.24) is 5.16 Å². The van der Waals surface area contributed by atoms with Crippen LogP contribution in [0.1, 0.15) is 16.9 Å². The topological polar surface area (TPSA) is 108 Å². The maximum atomic E-state index is 12.2. The third-order valence-electron chi connectivity index (χ3n) is 3.31. The Labute approximate surface area is 144 Å². The van der Waals surface area contributed by atoms with Gasteiger partial charge in [0.15, 0.2) is 17.3 Å². The van der Waals surface area contributed by atoms with Crippen LogP contribution in [0.15, 0.2) is 41.0 Å². The first-order chi connectivity index (χ1) is 12.0. The van der Waals surface area contributed by atoms with Gasteiger partial charge in [0.1, 0.15) is 17.4 Å². The molecule has 1 aromatic heterocycles. The Hall–Kier alpha value is -3.53. The van der Waals surface area contributed by atoms with Crippen LogP contribution >= 0.6 is 0 Å². The number of hydrogen-bond donors (Lipinski definition) is 2. The smallest absolute Gasteiger partial charge is 0.267 e. The van der Waals surface area contributed by atoms with E-state index in [1.807, 2.05) is 6.07 Å². The van der Waals surface area contributed by atoms with E-state index >= 15 is 0 Å². The molecule has 1 heterocycles. The Kier molecular flexibility index (Phi) is 5.58. The number of hydrogen-bond acceptors (Lipinski definition) is 6. The van der Waals surface area contributed by atoms with Gasteiger partial charge in [-0.05, 0) is 37.1 Å². The summed E-state index contributed by atoms with van der Waals surface area (Å²) in [6, 6.07) is 6.58. The largest absolute Gasteiger partial charge is 0.504 e. The quantitative estimate of drug-likeness (QED) is 0.476. The lowest BCUT2D eigenvalue weighted by Crippen LogP contribution is -2.13. The van der Waals surface area contributed by atoms with Gasteiger partial charge in [-0.25, -0.2) is 0 Å². The molecule has 128 valence electrons. The molecule has 2 rings (SSSR count). The number of phenols is 1. The lowest BCUT2D eigenvalue weighted by molar-refractivity contribution is -0.112. The van der Waals surface area contributed by atoms with Crippen molar-refractivity contribution in [2.75, 3.05) is 12.4 Å². The van der Waals surface area contributed by atoms with Crippen molar-refractivity contribution in [3.05, 3.63) is 53.3 Å². The second-order valence-corrected chi connectivity index (χ2v) is 5.17. The van der Waals surface area contributed by atoms with Gasteiger partial charge < -0.3 is 19.7 Å². The van der Waals surface area contributed by atoms with Crippen molar-refractivity contribution in [3.8, 4) is 17.6 Å². The first-order valence-corrected chi connectivity index (χ1v) is 7.35. The maximum absolute atomic E-state index is 12.2. The van der Waals surface area contributed by atoms with Crippen LogP contribution in [0.2, 0.25) is 0 Å². The van der Waals surface area contributed by atoms with Crippen molar-refractivity contribution < 1.29 is 19.2 Å². The molecule has 0 saturated carbocycles. The molecule has 7 heteroatoms. The fraction of sp³-hybridized carbons (Fsp3) is 0.167. The van der Waals surface area contributed by atoms with Gasteiger partial charge in [-0.1, -0.05) is 11.2 Å². The van der Waals surface area contributed by atoms with E-state index in [2.05, 4.69) is 17.1 Å². The minimum absolute atomic E-state index is 0.000538. The molecule has 0 atom stereocenters. The number of nitrogens with one attached hydrogen (secondary N) is 1. The number of ether oxygens (including phenoxy) is 1. The SMILES string of the molecule is C=CCc1cc(/C=C(/C#N)C(=O)Nc2cc(C)on2)cc(OC)c1O. The highest BCUT2D eigenvalue weighted by Crippen LogP contribution is 2.32. The number of carbonyl (C=O) groups excluding carboxylic acids is 1. The Morgan fingerprint density at radius 2 is 2.28 bits per heavy atom. The fourth-order valence-corrected chi connectivity index (χ4v) is 2.16. The molecule has 0 spiro atoms. The molecule has 0 unspecified atom stereocenters. The summed E-state index contributed by atoms with van der Waals surface area (Å²) in [4.78, 5) is 12.2. The zero-order chi connectivity index (χ0) is 18.4. The third kappa shape index (κ3) is 4.26. The standard InChI is InChI=1S/C18H17N3O4/c1-4-5-13-7-12(9-15(24-3)17(13)22)8-14(10-19)18(23)20-16-6-11(2)25-21-16/h4,6-9,22H,1,5H2,2-3H3,(H,20,21,23)/b14-8-. The van der Waals surface area contributed by atoms with E-state index in [9.17, 15) is 15.2 Å². The number of methoxy groups -OCH3 is 1. The zero-order valence-electron chi connectivity index (χ0n) is 13.9. The number of nitriles is 1. The van der Waals surface area contributed by atoms with Gasteiger partial charge in [0.05, 0.1) is 7.11 Å². The maximum Gasteiger partial charge on any atom is 0.267 e. The molecule has 0 aliphatic heterocycles. The highest BCUT2D eigenvalue weighted by Gasteiger charge is 2.14. The number of nitrogens with zero attached hydrogens (tertiary/aromatic N) is 2. The van der Waals surface area contributed by atoms with Crippen LogP contribution in [0, 0.1) is 18.3 Å². The highest BCUT2D eigenvalue weighted by atomic mass is 16.5. The number of carbonyl (C=O) groups is 1. The van der Waals surface area contributed by atoms with Crippen LogP contribution in [-0.2, 0) is 11.2 Å². The van der Waals surface area contributed by atoms with Gasteiger partial charge in [0, 0.05) is 11.6 Å². The molecular weight excluding hydrogens is 322 g/mol. The summed E-state index contributed by atoms with van der Waals surface area (Å²) in [7, 11) is 1.42. The minimum atomic E-state index is -0.617. The van der Waals surface area contributed by atoms with Gasteiger partial charge in [0.2, 0.25) is 0 Å². The summed E-state index contributed by atoms with van der Waals surface area (Å²) >= 11 is 0. The highest BCUT2D eigenvalue weighted by molar-refractivity contribution is 6.09. The number of benzene rings is 1. The number of aromatic nitrogens is 1. The number of anilines is 1. The lowest BCUT2D eigenvalue weighted by atomic mass is 10.0. The van der Waals surface area contributed by atoms with Crippen LogP contribution in [0.5, 0.6) is 11.5 Å². The molecule has 7 nitrogen and oxygen atoms in total. The summed E-state index contributed by atoms with van der Waals surface area (Å²) in [5, 5.41) is 25.5. The first-order valence-electron chi connectivity index (χ1n) is 7.35. The molecule has 0 radical (unpaired) electrons. The third-order valence-corrected chi connectivity index (χ3v) is 3.31. The summed E-state index contributed by atoms with van der Waals surface area (Å²) in [6.45, 7) is 5.32. The van der Waals surface area contributed by atoms with E-state index in [0.717, 1.165) is 0 Å². The zero-order valence-corrected chi connectivity index (χ0v) is 13.9. The fourth-order valence-electron chi connectivity index (χ4n) is 2.16. The molecule has 0 aliphatic carbocycles. The molecule has 0 bridgehead atoms. The molecule has 0 aliphatic rings. The van der Waals surface area contributed by atoms with E-state index in [4.69, 9.17) is 9.26 Å². The van der Waals surface area contributed by atoms with Gasteiger partial charge in [0.25, 0.3) is 5.91 Å². The van der Waals surface area contributed by atoms with E-state index in [1.54, 1.807) is 25.1 Å². The van der Waals surface area contributed by atoms with Crippen LogP contribution < -0.4 is 10.1 Å². The van der Waals surface area contributed by atoms with Crippen LogP contribution in [-0.4, -0.2) is 23.3 Å². The van der Waals surface area contributed by atoms with Crippen LogP contribution in [0.3, 0.4) is 0 Å². The Bertz CT molecular complexity index is 875. The minimum Gasteiger partial charge on any atom is -0.504 e. The van der Waals surface area contributed by atoms with Crippen molar-refractivity contribution >= 4 is 17.8 Å².